The first-order valence-corrected chi connectivity index (χ1v) is 7.60. The van der Waals surface area contributed by atoms with Crippen molar-refractivity contribution in [3.8, 4) is 6.07 Å². The van der Waals surface area contributed by atoms with Gasteiger partial charge in [-0.05, 0) is 30.9 Å². The van der Waals surface area contributed by atoms with Crippen LogP contribution in [0.1, 0.15) is 18.4 Å². The Bertz CT molecular complexity index is 743. The van der Waals surface area contributed by atoms with Crippen molar-refractivity contribution in [3.05, 3.63) is 36.0 Å². The third-order valence-corrected chi connectivity index (χ3v) is 4.42. The Balaban J connectivity index is 1.80. The highest BCUT2D eigenvalue weighted by Gasteiger charge is 2.31. The third-order valence-electron chi connectivity index (χ3n) is 4.42. The van der Waals surface area contributed by atoms with Crippen LogP contribution in [0.5, 0.6) is 0 Å². The van der Waals surface area contributed by atoms with Gasteiger partial charge in [-0.25, -0.2) is 0 Å². The maximum absolute atomic E-state index is 12.5. The van der Waals surface area contributed by atoms with Gasteiger partial charge in [-0.1, -0.05) is 18.2 Å². The number of likely N-dealkylation sites (tertiary alicyclic amines) is 1. The van der Waals surface area contributed by atoms with E-state index in [-0.39, 0.29) is 11.9 Å². The number of hydrogen-bond donors (Lipinski definition) is 1. The first kappa shape index (κ1) is 14.6. The molecule has 5 heteroatoms. The second kappa shape index (κ2) is 5.82. The van der Waals surface area contributed by atoms with Crippen molar-refractivity contribution in [2.24, 2.45) is 12.8 Å². The van der Waals surface area contributed by atoms with Gasteiger partial charge in [-0.3, -0.25) is 4.79 Å². The second-order valence-corrected chi connectivity index (χ2v) is 5.91. The van der Waals surface area contributed by atoms with Crippen LogP contribution >= 0.6 is 0 Å². The highest BCUT2D eigenvalue weighted by molar-refractivity contribution is 5.87. The number of aromatic nitrogens is 1. The number of amides is 1. The lowest BCUT2D eigenvalue weighted by Gasteiger charge is -2.23. The van der Waals surface area contributed by atoms with E-state index < -0.39 is 6.04 Å². The number of hydrogen-bond acceptors (Lipinski definition) is 3. The van der Waals surface area contributed by atoms with Crippen molar-refractivity contribution < 1.29 is 4.79 Å². The van der Waals surface area contributed by atoms with Gasteiger partial charge < -0.3 is 15.2 Å². The Morgan fingerprint density at radius 2 is 2.27 bits per heavy atom. The van der Waals surface area contributed by atoms with Gasteiger partial charge in [0.15, 0.2) is 0 Å². The maximum Gasteiger partial charge on any atom is 0.240 e. The Kier molecular flexibility index (Phi) is 3.86. The average Bonchev–Trinajstić information content (AvgIpc) is 3.12. The van der Waals surface area contributed by atoms with Crippen molar-refractivity contribution in [2.75, 3.05) is 6.54 Å². The normalized spacial score (nSPS) is 19.3. The molecule has 1 aliphatic rings. The summed E-state index contributed by atoms with van der Waals surface area (Å²) in [6, 6.07) is 9.38. The standard InChI is InChI=1S/C17H20N4O/c1-20-11-12(14-6-2-3-7-16(14)20)9-15(19)17(22)21-8-4-5-13(21)10-18/h2-3,6-7,11,13,15H,4-5,8-9,19H2,1H3. The van der Waals surface area contributed by atoms with Crippen molar-refractivity contribution in [1.29, 1.82) is 5.26 Å². The number of rotatable bonds is 3. The minimum absolute atomic E-state index is 0.114. The summed E-state index contributed by atoms with van der Waals surface area (Å²) in [4.78, 5) is 14.1. The number of nitrogens with two attached hydrogens (primary N) is 1. The van der Waals surface area contributed by atoms with E-state index in [9.17, 15) is 4.79 Å². The molecular formula is C17H20N4O. The Morgan fingerprint density at radius 1 is 1.50 bits per heavy atom. The molecule has 2 atom stereocenters. The average molecular weight is 296 g/mol. The van der Waals surface area contributed by atoms with E-state index in [1.165, 1.54) is 0 Å². The molecule has 1 aliphatic heterocycles. The Hall–Kier alpha value is -2.32. The summed E-state index contributed by atoms with van der Waals surface area (Å²) in [7, 11) is 1.99. The van der Waals surface area contributed by atoms with Crippen LogP contribution in [0.4, 0.5) is 0 Å². The van der Waals surface area contributed by atoms with E-state index in [0.717, 1.165) is 29.3 Å². The van der Waals surface area contributed by atoms with Gasteiger partial charge >= 0.3 is 0 Å². The van der Waals surface area contributed by atoms with Crippen LogP contribution in [-0.2, 0) is 18.3 Å². The lowest BCUT2D eigenvalue weighted by Crippen LogP contribution is -2.46. The number of carbonyl (C=O) groups excluding carboxylic acids is 1. The molecule has 2 N–H and O–H groups in total. The molecule has 114 valence electrons. The molecule has 1 aromatic carbocycles. The molecule has 0 spiro atoms. The summed E-state index contributed by atoms with van der Waals surface area (Å²) < 4.78 is 2.05. The molecule has 2 aromatic rings. The summed E-state index contributed by atoms with van der Waals surface area (Å²) in [5, 5.41) is 10.2. The number of para-hydroxylation sites is 1. The molecule has 2 unspecified atom stereocenters. The van der Waals surface area contributed by atoms with Gasteiger partial charge in [-0.15, -0.1) is 0 Å². The number of aryl methyl sites for hydroxylation is 1. The van der Waals surface area contributed by atoms with Gasteiger partial charge in [0.1, 0.15) is 6.04 Å². The monoisotopic (exact) mass is 296 g/mol. The largest absolute Gasteiger partial charge is 0.350 e. The molecule has 3 rings (SSSR count). The minimum Gasteiger partial charge on any atom is -0.350 e. The lowest BCUT2D eigenvalue weighted by atomic mass is 10.0. The molecular weight excluding hydrogens is 276 g/mol. The molecule has 22 heavy (non-hydrogen) atoms. The van der Waals surface area contributed by atoms with Gasteiger partial charge in [0.05, 0.1) is 12.1 Å². The fraction of sp³-hybridized carbons (Fsp3) is 0.412. The Morgan fingerprint density at radius 3 is 3.05 bits per heavy atom. The van der Waals surface area contributed by atoms with Crippen molar-refractivity contribution in [3.63, 3.8) is 0 Å². The number of nitriles is 1. The molecule has 1 amide bonds. The minimum atomic E-state index is -0.597. The van der Waals surface area contributed by atoms with Gasteiger partial charge in [0.25, 0.3) is 0 Å². The first-order valence-electron chi connectivity index (χ1n) is 7.60. The summed E-state index contributed by atoms with van der Waals surface area (Å²) >= 11 is 0. The van der Waals surface area contributed by atoms with E-state index >= 15 is 0 Å². The maximum atomic E-state index is 12.5. The number of carbonyl (C=O) groups is 1. The van der Waals surface area contributed by atoms with Crippen LogP contribution < -0.4 is 5.73 Å². The van der Waals surface area contributed by atoms with Crippen molar-refractivity contribution in [2.45, 2.75) is 31.3 Å². The van der Waals surface area contributed by atoms with Crippen LogP contribution in [0, 0.1) is 11.3 Å². The zero-order valence-electron chi connectivity index (χ0n) is 12.7. The zero-order chi connectivity index (χ0) is 15.7. The smallest absolute Gasteiger partial charge is 0.240 e. The molecule has 1 aromatic heterocycles. The molecule has 0 saturated carbocycles. The zero-order valence-corrected chi connectivity index (χ0v) is 12.7. The highest BCUT2D eigenvalue weighted by atomic mass is 16.2. The van der Waals surface area contributed by atoms with Gasteiger partial charge in [0, 0.05) is 30.7 Å². The van der Waals surface area contributed by atoms with E-state index in [0.29, 0.717) is 13.0 Å². The van der Waals surface area contributed by atoms with E-state index in [2.05, 4.69) is 22.8 Å². The van der Waals surface area contributed by atoms with E-state index in [1.807, 2.05) is 25.4 Å². The quantitative estimate of drug-likeness (QED) is 0.934. The van der Waals surface area contributed by atoms with Crippen LogP contribution in [0.2, 0.25) is 0 Å². The topological polar surface area (TPSA) is 75.0 Å². The fourth-order valence-corrected chi connectivity index (χ4v) is 3.29. The predicted octanol–water partition coefficient (Wildman–Crippen LogP) is 1.56. The van der Waals surface area contributed by atoms with Crippen LogP contribution in [-0.4, -0.2) is 34.0 Å². The number of nitrogens with zero attached hydrogens (tertiary/aromatic N) is 3. The van der Waals surface area contributed by atoms with E-state index in [1.54, 1.807) is 4.90 Å². The highest BCUT2D eigenvalue weighted by Crippen LogP contribution is 2.23. The summed E-state index contributed by atoms with van der Waals surface area (Å²) in [5.41, 5.74) is 8.34. The van der Waals surface area contributed by atoms with Gasteiger partial charge in [0.2, 0.25) is 5.91 Å². The van der Waals surface area contributed by atoms with Crippen molar-refractivity contribution >= 4 is 16.8 Å². The van der Waals surface area contributed by atoms with Crippen LogP contribution in [0.25, 0.3) is 10.9 Å². The predicted molar refractivity (Wildman–Crippen MR) is 84.9 cm³/mol. The molecule has 0 aliphatic carbocycles. The second-order valence-electron chi connectivity index (χ2n) is 5.91. The van der Waals surface area contributed by atoms with Crippen LogP contribution in [0.3, 0.4) is 0 Å². The van der Waals surface area contributed by atoms with E-state index in [4.69, 9.17) is 11.0 Å². The van der Waals surface area contributed by atoms with Crippen LogP contribution in [0.15, 0.2) is 30.5 Å². The van der Waals surface area contributed by atoms with Crippen molar-refractivity contribution in [1.82, 2.24) is 9.47 Å². The molecule has 0 bridgehead atoms. The third kappa shape index (κ3) is 2.46. The summed E-state index contributed by atoms with van der Waals surface area (Å²) in [5.74, 6) is -0.114. The SMILES string of the molecule is Cn1cc(CC(N)C(=O)N2CCCC2C#N)c2ccccc21. The Labute approximate surface area is 129 Å². The number of benzene rings is 1. The summed E-state index contributed by atoms with van der Waals surface area (Å²) in [6.45, 7) is 0.639. The summed E-state index contributed by atoms with van der Waals surface area (Å²) in [6.07, 6.45) is 4.16. The molecule has 0 radical (unpaired) electrons. The lowest BCUT2D eigenvalue weighted by molar-refractivity contribution is -0.132. The molecule has 1 fully saturated rings. The number of fused-ring (bicyclic) bond motifs is 1. The first-order chi connectivity index (χ1) is 10.6. The fourth-order valence-electron chi connectivity index (χ4n) is 3.29. The molecule has 5 nitrogen and oxygen atoms in total. The molecule has 1 saturated heterocycles. The molecule has 2 heterocycles. The van der Waals surface area contributed by atoms with Gasteiger partial charge in [-0.2, -0.15) is 5.26 Å².